The Hall–Kier alpha value is -1.00. The average molecular weight is 222 g/mol. The summed E-state index contributed by atoms with van der Waals surface area (Å²) < 4.78 is 1.25. The Kier molecular flexibility index (Phi) is 2.74. The van der Waals surface area contributed by atoms with E-state index in [1.54, 1.807) is 29.3 Å². The molecule has 0 spiro atoms. The van der Waals surface area contributed by atoms with Gasteiger partial charge in [-0.1, -0.05) is 17.8 Å². The van der Waals surface area contributed by atoms with E-state index in [4.69, 9.17) is 5.73 Å². The number of anilines is 1. The maximum Gasteiger partial charge on any atom is 0.102 e. The molecule has 0 aliphatic rings. The van der Waals surface area contributed by atoms with Crippen LogP contribution in [0.4, 0.5) is 5.69 Å². The Bertz CT molecular complexity index is 424. The maximum atomic E-state index is 5.69. The molecule has 0 saturated carbocycles. The number of nitrogens with zero attached hydrogens (tertiary/aromatic N) is 1. The number of nitrogen functional groups attached to an aromatic ring is 1. The first kappa shape index (κ1) is 9.55. The highest BCUT2D eigenvalue weighted by Gasteiger charge is 2.01. The number of thiophene rings is 1. The highest BCUT2D eigenvalue weighted by Crippen LogP contribution is 2.30. The van der Waals surface area contributed by atoms with E-state index in [9.17, 15) is 0 Å². The molecule has 0 bridgehead atoms. The number of hydrogen-bond donors (Lipinski definition) is 1. The zero-order valence-electron chi connectivity index (χ0n) is 7.73. The van der Waals surface area contributed by atoms with Crippen molar-refractivity contribution in [2.45, 2.75) is 16.2 Å². The van der Waals surface area contributed by atoms with Gasteiger partial charge in [0.25, 0.3) is 0 Å². The maximum absolute atomic E-state index is 5.69. The summed E-state index contributed by atoms with van der Waals surface area (Å²) in [6.45, 7) is 2.00. The third-order valence-electron chi connectivity index (χ3n) is 1.83. The molecule has 0 amide bonds. The summed E-state index contributed by atoms with van der Waals surface area (Å²) in [4.78, 5) is 4.26. The first-order valence-electron chi connectivity index (χ1n) is 4.19. The minimum Gasteiger partial charge on any atom is -0.397 e. The van der Waals surface area contributed by atoms with Crippen LogP contribution >= 0.6 is 23.1 Å². The molecule has 0 aliphatic heterocycles. The standard InChI is InChI=1S/C10H10N2S2/c1-7-5-9(12-6-8(7)11)14-10-3-2-4-13-10/h2-6H,11H2,1H3. The highest BCUT2D eigenvalue weighted by molar-refractivity contribution is 8.01. The van der Waals surface area contributed by atoms with Crippen LogP contribution in [0.25, 0.3) is 0 Å². The van der Waals surface area contributed by atoms with Crippen LogP contribution in [0.15, 0.2) is 39.0 Å². The van der Waals surface area contributed by atoms with Crippen molar-refractivity contribution in [2.75, 3.05) is 5.73 Å². The molecule has 2 aromatic rings. The molecular formula is C10H10N2S2. The third kappa shape index (κ3) is 2.08. The molecule has 2 heterocycles. The highest BCUT2D eigenvalue weighted by atomic mass is 32.2. The van der Waals surface area contributed by atoms with Crippen LogP contribution < -0.4 is 5.73 Å². The number of aromatic nitrogens is 1. The molecule has 0 aromatic carbocycles. The van der Waals surface area contributed by atoms with Crippen molar-refractivity contribution in [1.29, 1.82) is 0 Å². The van der Waals surface area contributed by atoms with E-state index in [1.165, 1.54) is 4.21 Å². The van der Waals surface area contributed by atoms with Gasteiger partial charge in [0.05, 0.1) is 16.1 Å². The number of rotatable bonds is 2. The molecule has 4 heteroatoms. The van der Waals surface area contributed by atoms with E-state index in [1.807, 2.05) is 19.1 Å². The van der Waals surface area contributed by atoms with E-state index in [2.05, 4.69) is 16.4 Å². The van der Waals surface area contributed by atoms with Gasteiger partial charge >= 0.3 is 0 Å². The fraction of sp³-hybridized carbons (Fsp3) is 0.100. The second-order valence-corrected chi connectivity index (χ2v) is 5.18. The van der Waals surface area contributed by atoms with Gasteiger partial charge in [0.15, 0.2) is 0 Å². The molecule has 0 fully saturated rings. The molecule has 0 unspecified atom stereocenters. The van der Waals surface area contributed by atoms with E-state index in [0.717, 1.165) is 16.3 Å². The summed E-state index contributed by atoms with van der Waals surface area (Å²) in [7, 11) is 0. The zero-order chi connectivity index (χ0) is 9.97. The lowest BCUT2D eigenvalue weighted by atomic mass is 10.3. The van der Waals surface area contributed by atoms with Crippen LogP contribution in [-0.4, -0.2) is 4.98 Å². The van der Waals surface area contributed by atoms with Gasteiger partial charge in [-0.15, -0.1) is 11.3 Å². The Morgan fingerprint density at radius 1 is 1.50 bits per heavy atom. The number of nitrogens with two attached hydrogens (primary N) is 1. The molecule has 2 rings (SSSR count). The van der Waals surface area contributed by atoms with Gasteiger partial charge in [-0.05, 0) is 30.0 Å². The van der Waals surface area contributed by atoms with Gasteiger partial charge in [-0.25, -0.2) is 4.98 Å². The fourth-order valence-corrected chi connectivity index (χ4v) is 2.78. The van der Waals surface area contributed by atoms with Gasteiger partial charge in [0.2, 0.25) is 0 Å². The Morgan fingerprint density at radius 3 is 3.00 bits per heavy atom. The summed E-state index contributed by atoms with van der Waals surface area (Å²) in [5, 5.41) is 3.06. The summed E-state index contributed by atoms with van der Waals surface area (Å²) in [5.41, 5.74) is 7.53. The van der Waals surface area contributed by atoms with E-state index in [-0.39, 0.29) is 0 Å². The molecule has 0 atom stereocenters. The molecule has 0 aliphatic carbocycles. The molecule has 0 saturated heterocycles. The van der Waals surface area contributed by atoms with Gasteiger partial charge in [-0.2, -0.15) is 0 Å². The number of pyridine rings is 1. The van der Waals surface area contributed by atoms with Crippen LogP contribution in [-0.2, 0) is 0 Å². The van der Waals surface area contributed by atoms with Crippen molar-refractivity contribution < 1.29 is 0 Å². The summed E-state index contributed by atoms with van der Waals surface area (Å²) >= 11 is 3.39. The molecule has 2 N–H and O–H groups in total. The minimum absolute atomic E-state index is 0.750. The second kappa shape index (κ2) is 4.02. The van der Waals surface area contributed by atoms with Crippen LogP contribution in [0.5, 0.6) is 0 Å². The van der Waals surface area contributed by atoms with Crippen molar-refractivity contribution >= 4 is 28.8 Å². The van der Waals surface area contributed by atoms with Crippen molar-refractivity contribution in [2.24, 2.45) is 0 Å². The first-order valence-corrected chi connectivity index (χ1v) is 5.89. The second-order valence-electron chi connectivity index (χ2n) is 2.91. The molecule has 2 nitrogen and oxygen atoms in total. The van der Waals surface area contributed by atoms with E-state index < -0.39 is 0 Å². The summed E-state index contributed by atoms with van der Waals surface area (Å²) in [5.74, 6) is 0. The molecule has 0 radical (unpaired) electrons. The van der Waals surface area contributed by atoms with E-state index in [0.29, 0.717) is 0 Å². The van der Waals surface area contributed by atoms with Crippen molar-refractivity contribution in [3.8, 4) is 0 Å². The van der Waals surface area contributed by atoms with Gasteiger partial charge < -0.3 is 5.73 Å². The lowest BCUT2D eigenvalue weighted by Crippen LogP contribution is -1.91. The molecular weight excluding hydrogens is 212 g/mol. The number of hydrogen-bond acceptors (Lipinski definition) is 4. The van der Waals surface area contributed by atoms with Crippen LogP contribution in [0.1, 0.15) is 5.56 Å². The van der Waals surface area contributed by atoms with Crippen LogP contribution in [0.2, 0.25) is 0 Å². The first-order chi connectivity index (χ1) is 6.75. The lowest BCUT2D eigenvalue weighted by Gasteiger charge is -2.01. The largest absolute Gasteiger partial charge is 0.397 e. The number of aryl methyl sites for hydroxylation is 1. The van der Waals surface area contributed by atoms with Crippen molar-refractivity contribution in [1.82, 2.24) is 4.98 Å². The Labute approximate surface area is 91.2 Å². The topological polar surface area (TPSA) is 38.9 Å². The lowest BCUT2D eigenvalue weighted by molar-refractivity contribution is 1.12. The molecule has 72 valence electrons. The molecule has 14 heavy (non-hydrogen) atoms. The molecule has 2 aromatic heterocycles. The normalized spacial score (nSPS) is 10.4. The van der Waals surface area contributed by atoms with Crippen molar-refractivity contribution in [3.05, 3.63) is 35.3 Å². The van der Waals surface area contributed by atoms with Crippen molar-refractivity contribution in [3.63, 3.8) is 0 Å². The SMILES string of the molecule is Cc1cc(Sc2cccs2)ncc1N. The minimum atomic E-state index is 0.750. The third-order valence-corrected chi connectivity index (χ3v) is 3.80. The summed E-state index contributed by atoms with van der Waals surface area (Å²) in [6, 6.07) is 6.14. The fourth-order valence-electron chi connectivity index (χ4n) is 1.02. The van der Waals surface area contributed by atoms with Gasteiger partial charge in [-0.3, -0.25) is 0 Å². The zero-order valence-corrected chi connectivity index (χ0v) is 9.36. The predicted molar refractivity (Wildman–Crippen MR) is 61.8 cm³/mol. The smallest absolute Gasteiger partial charge is 0.102 e. The van der Waals surface area contributed by atoms with Gasteiger partial charge in [0.1, 0.15) is 5.03 Å². The monoisotopic (exact) mass is 222 g/mol. The average Bonchev–Trinajstić information content (AvgIpc) is 2.64. The van der Waals surface area contributed by atoms with Crippen LogP contribution in [0.3, 0.4) is 0 Å². The Morgan fingerprint density at radius 2 is 2.36 bits per heavy atom. The van der Waals surface area contributed by atoms with Gasteiger partial charge in [0, 0.05) is 0 Å². The van der Waals surface area contributed by atoms with Crippen LogP contribution in [0, 0.1) is 6.92 Å². The quantitative estimate of drug-likeness (QED) is 0.848. The predicted octanol–water partition coefficient (Wildman–Crippen LogP) is 3.18. The van der Waals surface area contributed by atoms with E-state index >= 15 is 0 Å². The summed E-state index contributed by atoms with van der Waals surface area (Å²) in [6.07, 6.45) is 1.71. The Balaban J connectivity index is 2.22.